The molecule has 12 heteroatoms. The third kappa shape index (κ3) is 10.1. The molecule has 3 N–H and O–H groups in total. The van der Waals surface area contributed by atoms with Crippen molar-refractivity contribution in [2.24, 2.45) is 0 Å². The summed E-state index contributed by atoms with van der Waals surface area (Å²) in [5.74, 6) is 0. The Labute approximate surface area is 104 Å². The van der Waals surface area contributed by atoms with Gasteiger partial charge in [-0.2, -0.15) is 0 Å². The van der Waals surface area contributed by atoms with Gasteiger partial charge in [0, 0.05) is 7.11 Å². The van der Waals surface area contributed by atoms with Crippen LogP contribution in [0.5, 0.6) is 0 Å². The SMILES string of the molecule is COP(=O)(O)OCCCOCOP(=O)(O)OCO. The topological polar surface area (TPSA) is 141 Å². The normalized spacial score (nSPS) is 18.2. The Morgan fingerprint density at radius 1 is 1.00 bits per heavy atom. The van der Waals surface area contributed by atoms with Crippen molar-refractivity contribution in [3.05, 3.63) is 0 Å². The highest BCUT2D eigenvalue weighted by atomic mass is 31.2. The van der Waals surface area contributed by atoms with Crippen LogP contribution in [-0.4, -0.2) is 48.8 Å². The highest BCUT2D eigenvalue weighted by Gasteiger charge is 2.20. The first-order valence-electron chi connectivity index (χ1n) is 4.66. The maximum Gasteiger partial charge on any atom is 0.476 e. The van der Waals surface area contributed by atoms with E-state index in [2.05, 4.69) is 18.1 Å². The second-order valence-electron chi connectivity index (χ2n) is 2.72. The van der Waals surface area contributed by atoms with Gasteiger partial charge in [-0.25, -0.2) is 9.13 Å². The van der Waals surface area contributed by atoms with Crippen LogP contribution in [0, 0.1) is 0 Å². The summed E-state index contributed by atoms with van der Waals surface area (Å²) in [4.78, 5) is 17.6. The Hall–Kier alpha value is 0.140. The molecular weight excluding hydrogens is 294 g/mol. The molecule has 0 saturated carbocycles. The van der Waals surface area contributed by atoms with Crippen molar-refractivity contribution in [1.82, 2.24) is 0 Å². The van der Waals surface area contributed by atoms with Gasteiger partial charge in [-0.15, -0.1) is 0 Å². The van der Waals surface area contributed by atoms with Crippen molar-refractivity contribution in [1.29, 1.82) is 0 Å². The molecule has 0 aliphatic heterocycles. The predicted octanol–water partition coefficient (Wildman–Crippen LogP) is 0.197. The van der Waals surface area contributed by atoms with Crippen molar-refractivity contribution < 1.29 is 46.9 Å². The standard InChI is InChI=1S/C6H16O10P2/c1-12-17(8,9)14-4-2-3-13-6-16-18(10,11)15-5-7/h7H,2-6H2,1H3,(H,8,9)(H,10,11). The fraction of sp³-hybridized carbons (Fsp3) is 1.00. The van der Waals surface area contributed by atoms with Gasteiger partial charge in [0.2, 0.25) is 0 Å². The minimum absolute atomic E-state index is 0.0584. The molecular formula is C6H16O10P2. The van der Waals surface area contributed by atoms with Crippen LogP contribution in [0.25, 0.3) is 0 Å². The lowest BCUT2D eigenvalue weighted by Gasteiger charge is -2.11. The molecule has 18 heavy (non-hydrogen) atoms. The quantitative estimate of drug-likeness (QED) is 0.275. The van der Waals surface area contributed by atoms with E-state index in [1.165, 1.54) is 0 Å². The zero-order valence-corrected chi connectivity index (χ0v) is 11.4. The van der Waals surface area contributed by atoms with Crippen LogP contribution < -0.4 is 0 Å². The van der Waals surface area contributed by atoms with Gasteiger partial charge in [0.15, 0.2) is 13.6 Å². The predicted molar refractivity (Wildman–Crippen MR) is 57.3 cm³/mol. The fourth-order valence-electron chi connectivity index (χ4n) is 0.667. The van der Waals surface area contributed by atoms with Gasteiger partial charge in [0.25, 0.3) is 0 Å². The number of ether oxygens (including phenoxy) is 1. The van der Waals surface area contributed by atoms with E-state index in [0.717, 1.165) is 7.11 Å². The lowest BCUT2D eigenvalue weighted by Crippen LogP contribution is -2.05. The molecule has 0 rings (SSSR count). The van der Waals surface area contributed by atoms with E-state index in [4.69, 9.17) is 19.6 Å². The van der Waals surface area contributed by atoms with Crippen molar-refractivity contribution in [3.8, 4) is 0 Å². The van der Waals surface area contributed by atoms with Gasteiger partial charge in [-0.05, 0) is 6.42 Å². The molecule has 10 nitrogen and oxygen atoms in total. The molecule has 0 fully saturated rings. The van der Waals surface area contributed by atoms with E-state index in [0.29, 0.717) is 0 Å². The Balaban J connectivity index is 3.47. The highest BCUT2D eigenvalue weighted by Crippen LogP contribution is 2.43. The van der Waals surface area contributed by atoms with Crippen molar-refractivity contribution in [2.75, 3.05) is 33.9 Å². The van der Waals surface area contributed by atoms with Crippen molar-refractivity contribution in [3.63, 3.8) is 0 Å². The van der Waals surface area contributed by atoms with Crippen LogP contribution >= 0.6 is 15.6 Å². The van der Waals surface area contributed by atoms with E-state index in [1.54, 1.807) is 0 Å². The molecule has 0 aromatic heterocycles. The van der Waals surface area contributed by atoms with Crippen LogP contribution in [-0.2, 0) is 32.0 Å². The molecule has 0 spiro atoms. The molecule has 0 radical (unpaired) electrons. The summed E-state index contributed by atoms with van der Waals surface area (Å²) in [7, 11) is -7.24. The Bertz CT molecular complexity index is 307. The number of aliphatic hydroxyl groups is 1. The number of aliphatic hydroxyl groups excluding tert-OH is 1. The molecule has 0 heterocycles. The molecule has 0 saturated heterocycles. The molecule has 0 aromatic rings. The molecule has 0 aliphatic carbocycles. The minimum atomic E-state index is -4.29. The number of hydrogen-bond acceptors (Lipinski definition) is 8. The molecule has 2 atom stereocenters. The first-order chi connectivity index (χ1) is 8.33. The zero-order valence-electron chi connectivity index (χ0n) is 9.63. The number of hydrogen-bond donors (Lipinski definition) is 3. The molecule has 2 unspecified atom stereocenters. The van der Waals surface area contributed by atoms with Gasteiger partial charge in [-0.3, -0.25) is 18.1 Å². The Morgan fingerprint density at radius 3 is 2.22 bits per heavy atom. The number of rotatable bonds is 11. The van der Waals surface area contributed by atoms with Gasteiger partial charge in [-0.1, -0.05) is 0 Å². The van der Waals surface area contributed by atoms with Crippen molar-refractivity contribution in [2.45, 2.75) is 6.42 Å². The van der Waals surface area contributed by atoms with Crippen LogP contribution in [0.15, 0.2) is 0 Å². The summed E-state index contributed by atoms with van der Waals surface area (Å²) < 4.78 is 43.3. The van der Waals surface area contributed by atoms with Crippen molar-refractivity contribution >= 4 is 15.6 Å². The lowest BCUT2D eigenvalue weighted by atomic mass is 10.5. The van der Waals surface area contributed by atoms with E-state index >= 15 is 0 Å². The van der Waals surface area contributed by atoms with Gasteiger partial charge in [0.05, 0.1) is 13.2 Å². The minimum Gasteiger partial charge on any atom is -0.370 e. The largest absolute Gasteiger partial charge is 0.476 e. The number of phosphoric acid groups is 2. The monoisotopic (exact) mass is 310 g/mol. The molecule has 0 aliphatic rings. The average molecular weight is 310 g/mol. The fourth-order valence-corrected chi connectivity index (χ4v) is 1.56. The smallest absolute Gasteiger partial charge is 0.370 e. The van der Waals surface area contributed by atoms with E-state index in [-0.39, 0.29) is 19.6 Å². The first-order valence-corrected chi connectivity index (χ1v) is 7.65. The highest BCUT2D eigenvalue weighted by molar-refractivity contribution is 7.47. The first kappa shape index (κ1) is 18.1. The van der Waals surface area contributed by atoms with Gasteiger partial charge < -0.3 is 19.6 Å². The molecule has 0 aromatic carbocycles. The van der Waals surface area contributed by atoms with E-state index in [9.17, 15) is 9.13 Å². The summed E-state index contributed by atoms with van der Waals surface area (Å²) in [6, 6.07) is 0. The average Bonchev–Trinajstić information content (AvgIpc) is 2.27. The van der Waals surface area contributed by atoms with Crippen LogP contribution in [0.3, 0.4) is 0 Å². The molecule has 110 valence electrons. The summed E-state index contributed by atoms with van der Waals surface area (Å²) >= 11 is 0. The summed E-state index contributed by atoms with van der Waals surface area (Å²) in [5, 5.41) is 8.22. The number of phosphoric ester groups is 2. The summed E-state index contributed by atoms with van der Waals surface area (Å²) in [5.41, 5.74) is 0. The van der Waals surface area contributed by atoms with Gasteiger partial charge in [0.1, 0.15) is 0 Å². The third-order valence-electron chi connectivity index (χ3n) is 1.44. The van der Waals surface area contributed by atoms with Crippen LogP contribution in [0.2, 0.25) is 0 Å². The van der Waals surface area contributed by atoms with E-state index in [1.807, 2.05) is 0 Å². The zero-order chi connectivity index (χ0) is 14.1. The second-order valence-corrected chi connectivity index (χ2v) is 5.73. The van der Waals surface area contributed by atoms with E-state index < -0.39 is 29.2 Å². The molecule has 0 amide bonds. The molecule has 0 bridgehead atoms. The van der Waals surface area contributed by atoms with Gasteiger partial charge >= 0.3 is 15.6 Å². The summed E-state index contributed by atoms with van der Waals surface area (Å²) in [6.45, 7) is -1.52. The van der Waals surface area contributed by atoms with Crippen LogP contribution in [0.1, 0.15) is 6.42 Å². The maximum atomic E-state index is 10.8. The Morgan fingerprint density at radius 2 is 1.67 bits per heavy atom. The van der Waals surface area contributed by atoms with Crippen LogP contribution in [0.4, 0.5) is 0 Å². The third-order valence-corrected chi connectivity index (χ3v) is 3.28. The summed E-state index contributed by atoms with van der Waals surface area (Å²) in [6.07, 6.45) is 0.244. The second kappa shape index (κ2) is 9.11. The lowest BCUT2D eigenvalue weighted by molar-refractivity contribution is -0.0245. The maximum absolute atomic E-state index is 10.8. The Kier molecular flexibility index (Phi) is 9.18.